The molecule has 1 saturated heterocycles. The Morgan fingerprint density at radius 2 is 2.00 bits per heavy atom. The summed E-state index contributed by atoms with van der Waals surface area (Å²) in [5.74, 6) is -1.57. The first kappa shape index (κ1) is 19.1. The zero-order valence-electron chi connectivity index (χ0n) is 14.6. The molecule has 0 unspecified atom stereocenters. The number of hydrogen-bond acceptors (Lipinski definition) is 7. The molecule has 140 valence electrons. The number of nitrogens with zero attached hydrogens (tertiary/aromatic N) is 1. The van der Waals surface area contributed by atoms with Gasteiger partial charge in [0.2, 0.25) is 11.3 Å². The maximum absolute atomic E-state index is 12.9. The number of carbonyl (C=O) groups is 2. The largest absolute Gasteiger partial charge is 0.481 e. The van der Waals surface area contributed by atoms with Gasteiger partial charge in [-0.1, -0.05) is 24.0 Å². The van der Waals surface area contributed by atoms with Gasteiger partial charge in [-0.05, 0) is 43.2 Å². The molecule has 2 heterocycles. The summed E-state index contributed by atoms with van der Waals surface area (Å²) in [5, 5.41) is 9.16. The normalized spacial score (nSPS) is 15.9. The number of nitrogen functional groups attached to an aromatic ring is 1. The first-order valence-electron chi connectivity index (χ1n) is 7.99. The van der Waals surface area contributed by atoms with Crippen LogP contribution in [0.3, 0.4) is 0 Å². The van der Waals surface area contributed by atoms with Crippen LogP contribution in [-0.2, 0) is 9.59 Å². The molecular weight excluding hydrogens is 388 g/mol. The SMILES string of the molecule is Cc1cc2oc(N)c(C=C3SC(=S)N(CCC(=O)O)C3=O)c(=O)c2cc1C. The van der Waals surface area contributed by atoms with Crippen LogP contribution in [0.2, 0.25) is 0 Å². The Kier molecular flexibility index (Phi) is 5.07. The first-order valence-corrected chi connectivity index (χ1v) is 9.22. The minimum Gasteiger partial charge on any atom is -0.481 e. The Morgan fingerprint density at radius 1 is 1.33 bits per heavy atom. The van der Waals surface area contributed by atoms with Crippen molar-refractivity contribution in [2.45, 2.75) is 20.3 Å². The molecule has 0 radical (unpaired) electrons. The zero-order valence-corrected chi connectivity index (χ0v) is 16.2. The van der Waals surface area contributed by atoms with Gasteiger partial charge >= 0.3 is 5.97 Å². The van der Waals surface area contributed by atoms with Gasteiger partial charge < -0.3 is 15.3 Å². The van der Waals surface area contributed by atoms with E-state index < -0.39 is 11.9 Å². The molecule has 1 aliphatic rings. The van der Waals surface area contributed by atoms with E-state index in [1.807, 2.05) is 13.8 Å². The molecule has 1 aliphatic heterocycles. The fraction of sp³-hybridized carbons (Fsp3) is 0.222. The number of amides is 1. The van der Waals surface area contributed by atoms with E-state index in [1.54, 1.807) is 12.1 Å². The summed E-state index contributed by atoms with van der Waals surface area (Å²) in [7, 11) is 0. The lowest BCUT2D eigenvalue weighted by Gasteiger charge is -2.12. The maximum atomic E-state index is 12.9. The van der Waals surface area contributed by atoms with Crippen LogP contribution in [0.15, 0.2) is 26.2 Å². The summed E-state index contributed by atoms with van der Waals surface area (Å²) in [4.78, 5) is 37.5. The first-order chi connectivity index (χ1) is 12.7. The van der Waals surface area contributed by atoms with Gasteiger partial charge in [0.1, 0.15) is 9.90 Å². The molecule has 1 aromatic heterocycles. The summed E-state index contributed by atoms with van der Waals surface area (Å²) < 4.78 is 5.81. The minimum absolute atomic E-state index is 0.0301. The van der Waals surface area contributed by atoms with Crippen LogP contribution in [-0.4, -0.2) is 32.7 Å². The standard InChI is InChI=1S/C18H16N2O5S2/c1-8-5-10-12(6-9(8)2)25-16(19)11(15(10)23)7-13-17(24)20(18(26)27-13)4-3-14(21)22/h5-7H,3-4,19H2,1-2H3,(H,21,22). The van der Waals surface area contributed by atoms with Crippen molar-refractivity contribution in [3.05, 3.63) is 44.0 Å². The monoisotopic (exact) mass is 404 g/mol. The number of rotatable bonds is 4. The van der Waals surface area contributed by atoms with Gasteiger partial charge in [-0.2, -0.15) is 0 Å². The van der Waals surface area contributed by atoms with E-state index in [0.717, 1.165) is 22.9 Å². The number of thioether (sulfide) groups is 1. The fourth-order valence-electron chi connectivity index (χ4n) is 2.65. The maximum Gasteiger partial charge on any atom is 0.305 e. The summed E-state index contributed by atoms with van der Waals surface area (Å²) in [6, 6.07) is 3.48. The summed E-state index contributed by atoms with van der Waals surface area (Å²) in [5.41, 5.74) is 7.93. The predicted octanol–water partition coefficient (Wildman–Crippen LogP) is 2.67. The zero-order chi connectivity index (χ0) is 19.9. The molecule has 2 aromatic rings. The van der Waals surface area contributed by atoms with Crippen LogP contribution in [0.4, 0.5) is 5.88 Å². The highest BCUT2D eigenvalue weighted by Gasteiger charge is 2.32. The smallest absolute Gasteiger partial charge is 0.305 e. The van der Waals surface area contributed by atoms with Gasteiger partial charge in [0, 0.05) is 6.54 Å². The molecule has 3 N–H and O–H groups in total. The lowest BCUT2D eigenvalue weighted by Crippen LogP contribution is -2.30. The molecule has 9 heteroatoms. The average Bonchev–Trinajstić information content (AvgIpc) is 2.85. The number of aliphatic carboxylic acids is 1. The second-order valence-corrected chi connectivity index (χ2v) is 7.79. The highest BCUT2D eigenvalue weighted by Crippen LogP contribution is 2.33. The number of carbonyl (C=O) groups excluding carboxylic acids is 1. The number of fused-ring (bicyclic) bond motifs is 1. The van der Waals surface area contributed by atoms with Crippen molar-refractivity contribution in [2.24, 2.45) is 0 Å². The van der Waals surface area contributed by atoms with Crippen molar-refractivity contribution in [1.82, 2.24) is 4.90 Å². The number of carboxylic acids is 1. The minimum atomic E-state index is -1.03. The number of aryl methyl sites for hydroxylation is 2. The Balaban J connectivity index is 2.04. The lowest BCUT2D eigenvalue weighted by molar-refractivity contribution is -0.137. The van der Waals surface area contributed by atoms with E-state index in [4.69, 9.17) is 27.5 Å². The molecule has 0 saturated carbocycles. The number of thiocarbonyl (C=S) groups is 1. The van der Waals surface area contributed by atoms with Crippen molar-refractivity contribution in [2.75, 3.05) is 12.3 Å². The summed E-state index contributed by atoms with van der Waals surface area (Å²) >= 11 is 6.14. The van der Waals surface area contributed by atoms with Crippen molar-refractivity contribution in [3.63, 3.8) is 0 Å². The number of carboxylic acid groups (broad SMARTS) is 1. The van der Waals surface area contributed by atoms with Crippen LogP contribution in [0.25, 0.3) is 17.0 Å². The Hall–Kier alpha value is -2.65. The Morgan fingerprint density at radius 3 is 2.67 bits per heavy atom. The molecule has 27 heavy (non-hydrogen) atoms. The van der Waals surface area contributed by atoms with Crippen molar-refractivity contribution in [3.8, 4) is 0 Å². The number of anilines is 1. The highest BCUT2D eigenvalue weighted by atomic mass is 32.2. The average molecular weight is 404 g/mol. The quantitative estimate of drug-likeness (QED) is 0.591. The molecule has 1 aromatic carbocycles. The predicted molar refractivity (Wildman–Crippen MR) is 109 cm³/mol. The molecule has 1 fully saturated rings. The third-order valence-corrected chi connectivity index (χ3v) is 5.65. The van der Waals surface area contributed by atoms with Crippen LogP contribution >= 0.6 is 24.0 Å². The van der Waals surface area contributed by atoms with Crippen molar-refractivity contribution in [1.29, 1.82) is 0 Å². The Labute approximate surface area is 163 Å². The second-order valence-electron chi connectivity index (χ2n) is 6.12. The number of benzene rings is 1. The molecule has 0 spiro atoms. The van der Waals surface area contributed by atoms with Crippen LogP contribution in [0, 0.1) is 13.8 Å². The molecule has 1 amide bonds. The van der Waals surface area contributed by atoms with Crippen LogP contribution in [0.1, 0.15) is 23.1 Å². The van der Waals surface area contributed by atoms with Gasteiger partial charge in [-0.15, -0.1) is 0 Å². The molecule has 0 atom stereocenters. The van der Waals surface area contributed by atoms with Crippen molar-refractivity contribution < 1.29 is 19.1 Å². The summed E-state index contributed by atoms with van der Waals surface area (Å²) in [6.45, 7) is 3.76. The molecule has 0 aliphatic carbocycles. The number of hydrogen-bond donors (Lipinski definition) is 2. The summed E-state index contributed by atoms with van der Waals surface area (Å²) in [6.07, 6.45) is 1.13. The molecule has 0 bridgehead atoms. The van der Waals surface area contributed by atoms with Crippen LogP contribution in [0.5, 0.6) is 0 Å². The second kappa shape index (κ2) is 7.16. The third-order valence-electron chi connectivity index (χ3n) is 4.27. The van der Waals surface area contributed by atoms with E-state index in [2.05, 4.69) is 0 Å². The van der Waals surface area contributed by atoms with Gasteiger partial charge in [0.25, 0.3) is 5.91 Å². The topological polar surface area (TPSA) is 114 Å². The molecule has 3 rings (SSSR count). The van der Waals surface area contributed by atoms with Crippen molar-refractivity contribution >= 4 is 63.1 Å². The van der Waals surface area contributed by atoms with E-state index in [-0.39, 0.29) is 39.1 Å². The van der Waals surface area contributed by atoms with Gasteiger partial charge in [0.15, 0.2) is 0 Å². The van der Waals surface area contributed by atoms with E-state index in [1.165, 1.54) is 11.0 Å². The Bertz CT molecular complexity index is 1090. The molecule has 7 nitrogen and oxygen atoms in total. The molecular formula is C18H16N2O5S2. The van der Waals surface area contributed by atoms with Gasteiger partial charge in [-0.3, -0.25) is 19.3 Å². The third kappa shape index (κ3) is 3.60. The van der Waals surface area contributed by atoms with E-state index >= 15 is 0 Å². The van der Waals surface area contributed by atoms with Gasteiger partial charge in [-0.25, -0.2) is 0 Å². The number of nitrogens with two attached hydrogens (primary N) is 1. The highest BCUT2D eigenvalue weighted by molar-refractivity contribution is 8.26. The van der Waals surface area contributed by atoms with E-state index in [0.29, 0.717) is 11.0 Å². The van der Waals surface area contributed by atoms with E-state index in [9.17, 15) is 14.4 Å². The fourth-order valence-corrected chi connectivity index (χ4v) is 3.94. The van der Waals surface area contributed by atoms with Gasteiger partial charge in [0.05, 0.1) is 22.3 Å². The lowest BCUT2D eigenvalue weighted by atomic mass is 10.1. The van der Waals surface area contributed by atoms with Crippen LogP contribution < -0.4 is 11.2 Å².